The Kier molecular flexibility index (Phi) is 7.38. The van der Waals surface area contributed by atoms with E-state index in [0.29, 0.717) is 13.1 Å². The van der Waals surface area contributed by atoms with Gasteiger partial charge in [-0.1, -0.05) is 23.7 Å². The number of rotatable bonds is 5. The van der Waals surface area contributed by atoms with Crippen LogP contribution in [0, 0.1) is 0 Å². The molecule has 1 saturated carbocycles. The number of anilines is 1. The number of hydrogen-bond acceptors (Lipinski definition) is 3. The highest BCUT2D eigenvalue weighted by atomic mass is 35.5. The van der Waals surface area contributed by atoms with Crippen molar-refractivity contribution < 1.29 is 14.7 Å². The number of urea groups is 1. The van der Waals surface area contributed by atoms with Gasteiger partial charge in [-0.15, -0.1) is 12.4 Å². The number of aromatic carboxylic acids is 1. The second-order valence-corrected chi connectivity index (χ2v) is 9.17. The molecule has 1 aliphatic carbocycles. The van der Waals surface area contributed by atoms with E-state index in [9.17, 15) is 9.59 Å². The second kappa shape index (κ2) is 9.69. The molecule has 6 nitrogen and oxygen atoms in total. The number of nitrogens with two attached hydrogens (primary N) is 1. The summed E-state index contributed by atoms with van der Waals surface area (Å²) in [4.78, 5) is 28.1. The maximum Gasteiger partial charge on any atom is 0.335 e. The average molecular weight is 478 g/mol. The highest BCUT2D eigenvalue weighted by Crippen LogP contribution is 2.42. The monoisotopic (exact) mass is 477 g/mol. The van der Waals surface area contributed by atoms with Crippen LogP contribution < -0.4 is 10.6 Å². The Labute approximate surface area is 199 Å². The molecule has 2 fully saturated rings. The van der Waals surface area contributed by atoms with Crippen molar-refractivity contribution in [3.63, 3.8) is 0 Å². The molecule has 1 aliphatic heterocycles. The number of carbonyl (C=O) groups is 2. The molecule has 1 atom stereocenters. The van der Waals surface area contributed by atoms with Gasteiger partial charge in [-0.25, -0.2) is 9.59 Å². The van der Waals surface area contributed by atoms with Crippen molar-refractivity contribution in [1.29, 1.82) is 0 Å². The molecule has 4 rings (SSSR count). The molecule has 0 unspecified atom stereocenters. The topological polar surface area (TPSA) is 86.9 Å². The lowest BCUT2D eigenvalue weighted by Gasteiger charge is -2.42. The van der Waals surface area contributed by atoms with Crippen LogP contribution in [-0.2, 0) is 5.41 Å². The molecule has 1 saturated heterocycles. The molecule has 3 N–H and O–H groups in total. The van der Waals surface area contributed by atoms with Gasteiger partial charge in [-0.05, 0) is 74.6 Å². The first kappa shape index (κ1) is 24.4. The first-order chi connectivity index (χ1) is 14.8. The maximum absolute atomic E-state index is 13.3. The lowest BCUT2D eigenvalue weighted by molar-refractivity contribution is 0.0697. The SMILES string of the molecule is C[C@@H]1CN([C@H]2CC[C@@](CN)(c3cccc(Cl)c3)CC2)C(=O)N1c1ccc(C(=O)O)cc1.Cl. The molecule has 172 valence electrons. The van der Waals surface area contributed by atoms with E-state index >= 15 is 0 Å². The molecule has 2 aromatic rings. The first-order valence-electron chi connectivity index (χ1n) is 10.7. The maximum atomic E-state index is 13.3. The van der Waals surface area contributed by atoms with Gasteiger partial charge in [0.2, 0.25) is 0 Å². The predicted octanol–water partition coefficient (Wildman–Crippen LogP) is 4.93. The lowest BCUT2D eigenvalue weighted by atomic mass is 9.68. The normalized spacial score (nSPS) is 25.5. The van der Waals surface area contributed by atoms with E-state index in [-0.39, 0.29) is 41.5 Å². The van der Waals surface area contributed by atoms with Crippen molar-refractivity contribution >= 4 is 41.7 Å². The van der Waals surface area contributed by atoms with Gasteiger partial charge < -0.3 is 15.7 Å². The molecule has 2 amide bonds. The van der Waals surface area contributed by atoms with E-state index in [0.717, 1.165) is 36.4 Å². The number of carboxylic acid groups (broad SMARTS) is 1. The van der Waals surface area contributed by atoms with E-state index in [1.807, 2.05) is 30.0 Å². The quantitative estimate of drug-likeness (QED) is 0.638. The fourth-order valence-corrected chi connectivity index (χ4v) is 5.29. The zero-order valence-corrected chi connectivity index (χ0v) is 19.6. The number of benzene rings is 2. The average Bonchev–Trinajstić information content (AvgIpc) is 3.07. The minimum atomic E-state index is -0.973. The van der Waals surface area contributed by atoms with Gasteiger partial charge in [0.15, 0.2) is 0 Å². The fraction of sp³-hybridized carbons (Fsp3) is 0.417. The Balaban J connectivity index is 0.00000289. The molecule has 2 aliphatic rings. The van der Waals surface area contributed by atoms with Crippen LogP contribution in [0.3, 0.4) is 0 Å². The first-order valence-corrected chi connectivity index (χ1v) is 11.1. The minimum absolute atomic E-state index is 0. The van der Waals surface area contributed by atoms with Crippen LogP contribution in [0.4, 0.5) is 10.5 Å². The lowest BCUT2D eigenvalue weighted by Crippen LogP contribution is -2.46. The van der Waals surface area contributed by atoms with Gasteiger partial charge in [-0.2, -0.15) is 0 Å². The molecule has 32 heavy (non-hydrogen) atoms. The minimum Gasteiger partial charge on any atom is -0.478 e. The third-order valence-corrected chi connectivity index (χ3v) is 7.16. The van der Waals surface area contributed by atoms with Gasteiger partial charge in [0, 0.05) is 35.3 Å². The number of amides is 2. The summed E-state index contributed by atoms with van der Waals surface area (Å²) < 4.78 is 0. The number of nitrogens with zero attached hydrogens (tertiary/aromatic N) is 2. The Morgan fingerprint density at radius 3 is 2.41 bits per heavy atom. The van der Waals surface area contributed by atoms with Crippen molar-refractivity contribution in [2.24, 2.45) is 5.73 Å². The number of carboxylic acids is 1. The zero-order chi connectivity index (χ0) is 22.2. The summed E-state index contributed by atoms with van der Waals surface area (Å²) in [7, 11) is 0. The van der Waals surface area contributed by atoms with Crippen LogP contribution in [0.5, 0.6) is 0 Å². The third-order valence-electron chi connectivity index (χ3n) is 6.93. The van der Waals surface area contributed by atoms with Crippen LogP contribution in [0.2, 0.25) is 5.02 Å². The summed E-state index contributed by atoms with van der Waals surface area (Å²) >= 11 is 6.22. The molecule has 8 heteroatoms. The van der Waals surface area contributed by atoms with Gasteiger partial charge in [0.05, 0.1) is 11.6 Å². The number of halogens is 2. The summed E-state index contributed by atoms with van der Waals surface area (Å²) in [5.74, 6) is -0.973. The molecule has 2 aromatic carbocycles. The van der Waals surface area contributed by atoms with E-state index in [2.05, 4.69) is 6.07 Å². The number of carbonyl (C=O) groups excluding carboxylic acids is 1. The third kappa shape index (κ3) is 4.45. The summed E-state index contributed by atoms with van der Waals surface area (Å²) in [5, 5.41) is 9.84. The summed E-state index contributed by atoms with van der Waals surface area (Å²) in [6.45, 7) is 3.26. The zero-order valence-electron chi connectivity index (χ0n) is 18.0. The smallest absolute Gasteiger partial charge is 0.335 e. The van der Waals surface area contributed by atoms with Crippen molar-refractivity contribution in [3.05, 3.63) is 64.7 Å². The van der Waals surface area contributed by atoms with Crippen molar-refractivity contribution in [2.45, 2.75) is 50.1 Å². The molecule has 0 radical (unpaired) electrons. The van der Waals surface area contributed by atoms with Gasteiger partial charge >= 0.3 is 12.0 Å². The molecule has 0 aromatic heterocycles. The molecular formula is C24H29Cl2N3O3. The van der Waals surface area contributed by atoms with E-state index in [1.165, 1.54) is 5.56 Å². The molecule has 0 spiro atoms. The van der Waals surface area contributed by atoms with E-state index in [1.54, 1.807) is 29.2 Å². The van der Waals surface area contributed by atoms with Crippen LogP contribution in [-0.4, -0.2) is 47.2 Å². The molecule has 0 bridgehead atoms. The Morgan fingerprint density at radius 1 is 1.19 bits per heavy atom. The van der Waals surface area contributed by atoms with E-state index in [4.69, 9.17) is 22.4 Å². The molecule has 1 heterocycles. The van der Waals surface area contributed by atoms with Gasteiger partial charge in [-0.3, -0.25) is 4.90 Å². The predicted molar refractivity (Wildman–Crippen MR) is 129 cm³/mol. The van der Waals surface area contributed by atoms with E-state index < -0.39 is 5.97 Å². The van der Waals surface area contributed by atoms with Crippen LogP contribution in [0.25, 0.3) is 0 Å². The Bertz CT molecular complexity index is 975. The van der Waals surface area contributed by atoms with Crippen molar-refractivity contribution in [2.75, 3.05) is 18.0 Å². The van der Waals surface area contributed by atoms with Gasteiger partial charge in [0.25, 0.3) is 0 Å². The Hall–Kier alpha value is -2.28. The van der Waals surface area contributed by atoms with Crippen molar-refractivity contribution in [3.8, 4) is 0 Å². The van der Waals surface area contributed by atoms with Crippen molar-refractivity contribution in [1.82, 2.24) is 4.90 Å². The standard InChI is InChI=1S/C24H28ClN3O3.ClH/c1-16-14-27(23(31)28(16)21-7-5-17(6-8-21)22(29)30)20-9-11-24(15-26,12-10-20)18-3-2-4-19(25)13-18;/h2-8,13,16,20H,9-12,14-15,26H2,1H3,(H,29,30);1H/t16-,20-,24+;/m1./s1. The second-order valence-electron chi connectivity index (χ2n) is 8.73. The summed E-state index contributed by atoms with van der Waals surface area (Å²) in [5.41, 5.74) is 8.26. The van der Waals surface area contributed by atoms with Crippen LogP contribution in [0.15, 0.2) is 48.5 Å². The largest absolute Gasteiger partial charge is 0.478 e. The Morgan fingerprint density at radius 2 is 1.84 bits per heavy atom. The van der Waals surface area contributed by atoms with Crippen LogP contribution >= 0.6 is 24.0 Å². The van der Waals surface area contributed by atoms with Gasteiger partial charge in [0.1, 0.15) is 0 Å². The molecular weight excluding hydrogens is 449 g/mol. The number of hydrogen-bond donors (Lipinski definition) is 2. The summed E-state index contributed by atoms with van der Waals surface area (Å²) in [6.07, 6.45) is 3.63. The fourth-order valence-electron chi connectivity index (χ4n) is 5.10. The summed E-state index contributed by atoms with van der Waals surface area (Å²) in [6, 6.07) is 14.7. The highest BCUT2D eigenvalue weighted by molar-refractivity contribution is 6.30. The highest BCUT2D eigenvalue weighted by Gasteiger charge is 2.43. The van der Waals surface area contributed by atoms with Crippen LogP contribution in [0.1, 0.15) is 48.5 Å².